The van der Waals surface area contributed by atoms with Gasteiger partial charge in [0.25, 0.3) is 0 Å². The molecule has 0 aromatic rings. The van der Waals surface area contributed by atoms with Crippen LogP contribution in [0.15, 0.2) is 24.3 Å². The standard InChI is InChI=1S/C20H37N3O2/c1-3-5-7-9-11-13-19(24)22-17-15-21-16-18-23-20(25)14-12-10-8-6-4-2/h11-14,21H,3-10,15-18H2,1-2H3,(H,22,24)(H,23,25)/b13-11+,14-12+. The minimum atomic E-state index is -0.0418. The van der Waals surface area contributed by atoms with Gasteiger partial charge in [-0.3, -0.25) is 9.59 Å². The van der Waals surface area contributed by atoms with E-state index < -0.39 is 0 Å². The van der Waals surface area contributed by atoms with Crippen molar-refractivity contribution in [2.75, 3.05) is 26.2 Å². The van der Waals surface area contributed by atoms with Crippen molar-refractivity contribution in [3.05, 3.63) is 24.3 Å². The average Bonchev–Trinajstić information content (AvgIpc) is 2.60. The van der Waals surface area contributed by atoms with Crippen LogP contribution in [-0.2, 0) is 9.59 Å². The summed E-state index contributed by atoms with van der Waals surface area (Å²) in [4.78, 5) is 23.1. The van der Waals surface area contributed by atoms with E-state index in [-0.39, 0.29) is 11.8 Å². The van der Waals surface area contributed by atoms with Gasteiger partial charge in [-0.25, -0.2) is 0 Å². The predicted molar refractivity (Wildman–Crippen MR) is 105 cm³/mol. The Hall–Kier alpha value is -1.62. The summed E-state index contributed by atoms with van der Waals surface area (Å²) in [6, 6.07) is 0. The molecule has 0 aliphatic heterocycles. The summed E-state index contributed by atoms with van der Waals surface area (Å²) in [5, 5.41) is 8.85. The van der Waals surface area contributed by atoms with E-state index in [2.05, 4.69) is 29.8 Å². The molecule has 0 fully saturated rings. The van der Waals surface area contributed by atoms with Gasteiger partial charge in [0.15, 0.2) is 0 Å². The largest absolute Gasteiger partial charge is 0.351 e. The van der Waals surface area contributed by atoms with Gasteiger partial charge in [-0.1, -0.05) is 51.7 Å². The van der Waals surface area contributed by atoms with Crippen LogP contribution in [0.25, 0.3) is 0 Å². The second-order valence-electron chi connectivity index (χ2n) is 6.13. The number of allylic oxidation sites excluding steroid dienone is 2. The van der Waals surface area contributed by atoms with Gasteiger partial charge in [-0.2, -0.15) is 0 Å². The van der Waals surface area contributed by atoms with Crippen molar-refractivity contribution < 1.29 is 9.59 Å². The molecule has 25 heavy (non-hydrogen) atoms. The Morgan fingerprint density at radius 3 is 1.52 bits per heavy atom. The molecule has 0 bridgehead atoms. The van der Waals surface area contributed by atoms with Crippen molar-refractivity contribution in [3.63, 3.8) is 0 Å². The van der Waals surface area contributed by atoms with Crippen LogP contribution >= 0.6 is 0 Å². The molecule has 2 amide bonds. The molecule has 0 aliphatic carbocycles. The molecular formula is C20H37N3O2. The molecule has 0 aliphatic rings. The highest BCUT2D eigenvalue weighted by molar-refractivity contribution is 5.87. The average molecular weight is 352 g/mol. The fourth-order valence-corrected chi connectivity index (χ4v) is 2.20. The van der Waals surface area contributed by atoms with E-state index in [1.807, 2.05) is 12.2 Å². The molecule has 0 saturated carbocycles. The van der Waals surface area contributed by atoms with Crippen LogP contribution in [0.5, 0.6) is 0 Å². The van der Waals surface area contributed by atoms with Gasteiger partial charge in [0.2, 0.25) is 11.8 Å². The fraction of sp³-hybridized carbons (Fsp3) is 0.700. The number of nitrogens with one attached hydrogen (secondary N) is 3. The molecule has 0 unspecified atom stereocenters. The fourth-order valence-electron chi connectivity index (χ4n) is 2.20. The maximum atomic E-state index is 11.5. The minimum Gasteiger partial charge on any atom is -0.351 e. The summed E-state index contributed by atoms with van der Waals surface area (Å²) in [6.45, 7) is 6.89. The summed E-state index contributed by atoms with van der Waals surface area (Å²) in [5.74, 6) is -0.0837. The predicted octanol–water partition coefficient (Wildman–Crippen LogP) is 3.08. The zero-order valence-corrected chi connectivity index (χ0v) is 16.1. The highest BCUT2D eigenvalue weighted by Crippen LogP contribution is 1.99. The molecule has 0 rings (SSSR count). The van der Waals surface area contributed by atoms with E-state index in [0.717, 1.165) is 25.7 Å². The minimum absolute atomic E-state index is 0.0418. The molecule has 5 nitrogen and oxygen atoms in total. The van der Waals surface area contributed by atoms with Crippen molar-refractivity contribution in [1.82, 2.24) is 16.0 Å². The third kappa shape index (κ3) is 18.6. The van der Waals surface area contributed by atoms with Gasteiger partial charge in [0, 0.05) is 26.2 Å². The van der Waals surface area contributed by atoms with Gasteiger partial charge in [0.1, 0.15) is 0 Å². The van der Waals surface area contributed by atoms with Gasteiger partial charge in [-0.15, -0.1) is 0 Å². The number of hydrogen-bond acceptors (Lipinski definition) is 3. The second-order valence-corrected chi connectivity index (χ2v) is 6.13. The summed E-state index contributed by atoms with van der Waals surface area (Å²) in [7, 11) is 0. The molecule has 3 N–H and O–H groups in total. The van der Waals surface area contributed by atoms with Crippen LogP contribution in [0.1, 0.15) is 65.2 Å². The van der Waals surface area contributed by atoms with Crippen molar-refractivity contribution in [2.45, 2.75) is 65.2 Å². The van der Waals surface area contributed by atoms with E-state index in [0.29, 0.717) is 26.2 Å². The van der Waals surface area contributed by atoms with Crippen molar-refractivity contribution >= 4 is 11.8 Å². The second kappa shape index (κ2) is 18.7. The number of hydrogen-bond donors (Lipinski definition) is 3. The Kier molecular flexibility index (Phi) is 17.5. The topological polar surface area (TPSA) is 70.2 Å². The zero-order chi connectivity index (χ0) is 18.6. The molecule has 144 valence electrons. The Balaban J connectivity index is 3.42. The van der Waals surface area contributed by atoms with E-state index in [1.54, 1.807) is 12.2 Å². The highest BCUT2D eigenvalue weighted by atomic mass is 16.2. The quantitative estimate of drug-likeness (QED) is 0.296. The first kappa shape index (κ1) is 23.4. The van der Waals surface area contributed by atoms with Crippen LogP contribution < -0.4 is 16.0 Å². The lowest BCUT2D eigenvalue weighted by atomic mass is 10.2. The van der Waals surface area contributed by atoms with Gasteiger partial charge in [-0.05, 0) is 37.8 Å². The lowest BCUT2D eigenvalue weighted by Gasteiger charge is -2.06. The first-order chi connectivity index (χ1) is 12.2. The Morgan fingerprint density at radius 1 is 0.680 bits per heavy atom. The SMILES string of the molecule is CCCCC/C=C/C(=O)NCCNCCNC(=O)/C=C/CCCCC. The Bertz CT molecular complexity index is 356. The number of carbonyl (C=O) groups is 2. The van der Waals surface area contributed by atoms with Gasteiger partial charge in [0.05, 0.1) is 0 Å². The van der Waals surface area contributed by atoms with Crippen LogP contribution in [0.3, 0.4) is 0 Å². The molecule has 0 saturated heterocycles. The molecule has 0 heterocycles. The normalized spacial score (nSPS) is 11.3. The van der Waals surface area contributed by atoms with E-state index >= 15 is 0 Å². The van der Waals surface area contributed by atoms with E-state index in [9.17, 15) is 9.59 Å². The third-order valence-electron chi connectivity index (χ3n) is 3.69. The van der Waals surface area contributed by atoms with Crippen molar-refractivity contribution in [2.24, 2.45) is 0 Å². The Morgan fingerprint density at radius 2 is 1.12 bits per heavy atom. The number of carbonyl (C=O) groups excluding carboxylic acids is 2. The lowest BCUT2D eigenvalue weighted by molar-refractivity contribution is -0.117. The summed E-state index contributed by atoms with van der Waals surface area (Å²) in [5.41, 5.74) is 0. The molecule has 0 atom stereocenters. The maximum absolute atomic E-state index is 11.5. The van der Waals surface area contributed by atoms with Crippen LogP contribution in [0.4, 0.5) is 0 Å². The first-order valence-electron chi connectivity index (χ1n) is 9.80. The molecule has 5 heteroatoms. The zero-order valence-electron chi connectivity index (χ0n) is 16.1. The maximum Gasteiger partial charge on any atom is 0.243 e. The smallest absolute Gasteiger partial charge is 0.243 e. The lowest BCUT2D eigenvalue weighted by Crippen LogP contribution is -2.35. The Labute approximate surface area is 153 Å². The highest BCUT2D eigenvalue weighted by Gasteiger charge is 1.96. The molecule has 0 aromatic carbocycles. The van der Waals surface area contributed by atoms with Crippen LogP contribution in [0, 0.1) is 0 Å². The number of rotatable bonds is 16. The first-order valence-corrected chi connectivity index (χ1v) is 9.80. The van der Waals surface area contributed by atoms with Gasteiger partial charge < -0.3 is 16.0 Å². The summed E-state index contributed by atoms with van der Waals surface area (Å²) >= 11 is 0. The molecular weight excluding hydrogens is 314 g/mol. The van der Waals surface area contributed by atoms with Crippen LogP contribution in [-0.4, -0.2) is 38.0 Å². The van der Waals surface area contributed by atoms with Gasteiger partial charge >= 0.3 is 0 Å². The summed E-state index contributed by atoms with van der Waals surface area (Å²) < 4.78 is 0. The third-order valence-corrected chi connectivity index (χ3v) is 3.69. The van der Waals surface area contributed by atoms with E-state index in [4.69, 9.17) is 0 Å². The molecule has 0 radical (unpaired) electrons. The number of amides is 2. The summed E-state index contributed by atoms with van der Waals surface area (Å²) in [6.07, 6.45) is 16.1. The molecule has 0 spiro atoms. The number of unbranched alkanes of at least 4 members (excludes halogenated alkanes) is 6. The molecule has 0 aromatic heterocycles. The monoisotopic (exact) mass is 351 g/mol. The van der Waals surface area contributed by atoms with E-state index in [1.165, 1.54) is 25.7 Å². The van der Waals surface area contributed by atoms with Crippen molar-refractivity contribution in [1.29, 1.82) is 0 Å². The van der Waals surface area contributed by atoms with Crippen LogP contribution in [0.2, 0.25) is 0 Å². The van der Waals surface area contributed by atoms with Crippen molar-refractivity contribution in [3.8, 4) is 0 Å².